The van der Waals surface area contributed by atoms with Crippen molar-refractivity contribution in [2.75, 3.05) is 0 Å². The van der Waals surface area contributed by atoms with Crippen molar-refractivity contribution in [2.24, 2.45) is 34.5 Å². The summed E-state index contributed by atoms with van der Waals surface area (Å²) in [5.74, 6) is 2.70. The van der Waals surface area contributed by atoms with Crippen LogP contribution in [-0.2, 0) is 4.79 Å². The van der Waals surface area contributed by atoms with Gasteiger partial charge in [-0.3, -0.25) is 4.79 Å². The fraction of sp³-hybridized carbons (Fsp3) is 0.675. The molecule has 0 N–H and O–H groups in total. The van der Waals surface area contributed by atoms with Gasteiger partial charge < -0.3 is 0 Å². The lowest BCUT2D eigenvalue weighted by molar-refractivity contribution is -0.116. The number of Topliss-reactive ketones (excluding diaryl/α,β-unsaturated/α-hetero) is 1. The number of carbonyl (C=O) groups excluding carboxylic acids is 1. The molecule has 0 heterocycles. The molecular formula is C40H64O. The number of unbranched alkanes of at least 4 members (excludes halogenated alkanes) is 1. The monoisotopic (exact) mass is 560 g/mol. The van der Waals surface area contributed by atoms with Gasteiger partial charge in [0, 0.05) is 6.42 Å². The zero-order valence-electron chi connectivity index (χ0n) is 28.6. The molecule has 2 aliphatic rings. The SMILES string of the molecule is CC1=C(/C=C/C(C)/C=C/CC(C)CCCCC(C)C/C=C/C(C)/C=C/C2=C(C)C(=O)CCC2(C)C)C(C)(C)CCC1. The molecule has 1 nitrogen and oxygen atoms in total. The van der Waals surface area contributed by atoms with E-state index in [0.29, 0.717) is 29.5 Å². The normalized spacial score (nSPS) is 22.9. The molecule has 2 aliphatic carbocycles. The van der Waals surface area contributed by atoms with E-state index in [1.807, 2.05) is 6.92 Å². The van der Waals surface area contributed by atoms with Crippen LogP contribution in [-0.4, -0.2) is 5.78 Å². The highest BCUT2D eigenvalue weighted by molar-refractivity contribution is 5.97. The molecule has 230 valence electrons. The van der Waals surface area contributed by atoms with Gasteiger partial charge in [-0.05, 0) is 104 Å². The minimum absolute atomic E-state index is 0.0965. The molecular weight excluding hydrogens is 496 g/mol. The van der Waals surface area contributed by atoms with E-state index in [1.165, 1.54) is 56.9 Å². The Morgan fingerprint density at radius 1 is 0.683 bits per heavy atom. The molecule has 0 radical (unpaired) electrons. The maximum Gasteiger partial charge on any atom is 0.158 e. The van der Waals surface area contributed by atoms with Gasteiger partial charge in [-0.25, -0.2) is 0 Å². The fourth-order valence-electron chi connectivity index (χ4n) is 6.66. The summed E-state index contributed by atoms with van der Waals surface area (Å²) in [6.07, 6.45) is 32.0. The zero-order chi connectivity index (χ0) is 30.6. The summed E-state index contributed by atoms with van der Waals surface area (Å²) in [6, 6.07) is 0. The molecule has 0 fully saturated rings. The molecule has 41 heavy (non-hydrogen) atoms. The first kappa shape index (κ1) is 35.3. The molecule has 0 saturated carbocycles. The van der Waals surface area contributed by atoms with E-state index in [4.69, 9.17) is 0 Å². The third-order valence-electron chi connectivity index (χ3n) is 9.80. The topological polar surface area (TPSA) is 17.1 Å². The molecule has 4 unspecified atom stereocenters. The average molecular weight is 561 g/mol. The lowest BCUT2D eigenvalue weighted by Gasteiger charge is -2.33. The fourth-order valence-corrected chi connectivity index (χ4v) is 6.66. The van der Waals surface area contributed by atoms with E-state index in [0.717, 1.165) is 30.3 Å². The van der Waals surface area contributed by atoms with Crippen molar-refractivity contribution in [2.45, 2.75) is 140 Å². The van der Waals surface area contributed by atoms with Crippen LogP contribution in [0.2, 0.25) is 0 Å². The predicted octanol–water partition coefficient (Wildman–Crippen LogP) is 12.3. The van der Waals surface area contributed by atoms with Gasteiger partial charge in [0.1, 0.15) is 0 Å². The highest BCUT2D eigenvalue weighted by Gasteiger charge is 2.30. The van der Waals surface area contributed by atoms with Gasteiger partial charge in [-0.2, -0.15) is 0 Å². The second-order valence-corrected chi connectivity index (χ2v) is 15.0. The molecule has 0 aromatic heterocycles. The van der Waals surface area contributed by atoms with Crippen LogP contribution in [0.1, 0.15) is 140 Å². The van der Waals surface area contributed by atoms with E-state index in [9.17, 15) is 4.79 Å². The highest BCUT2D eigenvalue weighted by Crippen LogP contribution is 2.41. The Hall–Kier alpha value is -1.89. The van der Waals surface area contributed by atoms with Crippen molar-refractivity contribution < 1.29 is 4.79 Å². The highest BCUT2D eigenvalue weighted by atomic mass is 16.1. The molecule has 2 rings (SSSR count). The third-order valence-corrected chi connectivity index (χ3v) is 9.80. The summed E-state index contributed by atoms with van der Waals surface area (Å²) in [5, 5.41) is 0. The van der Waals surface area contributed by atoms with Crippen LogP contribution >= 0.6 is 0 Å². The average Bonchev–Trinajstić information content (AvgIpc) is 2.88. The Labute approximate surface area is 255 Å². The largest absolute Gasteiger partial charge is 0.295 e. The van der Waals surface area contributed by atoms with Crippen LogP contribution in [0.3, 0.4) is 0 Å². The van der Waals surface area contributed by atoms with Crippen molar-refractivity contribution in [3.05, 3.63) is 70.9 Å². The van der Waals surface area contributed by atoms with Crippen molar-refractivity contribution in [3.63, 3.8) is 0 Å². The van der Waals surface area contributed by atoms with Gasteiger partial charge in [0.05, 0.1) is 0 Å². The maximum absolute atomic E-state index is 12.2. The van der Waals surface area contributed by atoms with E-state index in [1.54, 1.807) is 11.1 Å². The number of carbonyl (C=O) groups is 1. The quantitative estimate of drug-likeness (QED) is 0.144. The Morgan fingerprint density at radius 3 is 1.68 bits per heavy atom. The van der Waals surface area contributed by atoms with Crippen LogP contribution in [0.15, 0.2) is 70.9 Å². The summed E-state index contributed by atoms with van der Waals surface area (Å²) in [6.45, 7) is 23.0. The third kappa shape index (κ3) is 12.1. The van der Waals surface area contributed by atoms with Crippen LogP contribution in [0.5, 0.6) is 0 Å². The summed E-state index contributed by atoms with van der Waals surface area (Å²) in [5.41, 5.74) is 5.76. The summed E-state index contributed by atoms with van der Waals surface area (Å²) >= 11 is 0. The maximum atomic E-state index is 12.2. The predicted molar refractivity (Wildman–Crippen MR) is 182 cm³/mol. The molecule has 0 aromatic carbocycles. The lowest BCUT2D eigenvalue weighted by atomic mass is 9.72. The van der Waals surface area contributed by atoms with Crippen molar-refractivity contribution in [1.82, 2.24) is 0 Å². The molecule has 0 saturated heterocycles. The standard InChI is InChI=1S/C40H64O/c1-30(18-13-20-32(3)23-25-36-34(5)22-15-28-39(36,7)8)16-11-12-17-31(2)19-14-21-33(4)24-26-37-35(6)38(41)27-29-40(37,9)10/h13-14,20-21,23-26,30-33H,11-12,15-19,22,27-29H2,1-10H3/b20-13+,21-14+,25-23+,26-24+. The van der Waals surface area contributed by atoms with E-state index >= 15 is 0 Å². The van der Waals surface area contributed by atoms with Gasteiger partial charge in [0.25, 0.3) is 0 Å². The van der Waals surface area contributed by atoms with Gasteiger partial charge in [0.2, 0.25) is 0 Å². The van der Waals surface area contributed by atoms with Crippen LogP contribution in [0, 0.1) is 34.5 Å². The second kappa shape index (κ2) is 16.7. The van der Waals surface area contributed by atoms with Crippen molar-refractivity contribution in [1.29, 1.82) is 0 Å². The smallest absolute Gasteiger partial charge is 0.158 e. The van der Waals surface area contributed by atoms with Gasteiger partial charge in [-0.15, -0.1) is 0 Å². The zero-order valence-corrected chi connectivity index (χ0v) is 28.6. The molecule has 4 atom stereocenters. The number of allylic oxidation sites excluding steroid dienone is 12. The molecule has 0 aliphatic heterocycles. The number of ketones is 1. The first-order valence-electron chi connectivity index (χ1n) is 16.9. The first-order chi connectivity index (χ1) is 19.2. The molecule has 0 spiro atoms. The minimum Gasteiger partial charge on any atom is -0.295 e. The van der Waals surface area contributed by atoms with Crippen LogP contribution in [0.25, 0.3) is 0 Å². The van der Waals surface area contributed by atoms with Gasteiger partial charge in [0.15, 0.2) is 5.78 Å². The van der Waals surface area contributed by atoms with Crippen molar-refractivity contribution >= 4 is 5.78 Å². The van der Waals surface area contributed by atoms with E-state index in [2.05, 4.69) is 111 Å². The van der Waals surface area contributed by atoms with E-state index in [-0.39, 0.29) is 5.41 Å². The summed E-state index contributed by atoms with van der Waals surface area (Å²) in [7, 11) is 0. The number of hydrogen-bond acceptors (Lipinski definition) is 1. The van der Waals surface area contributed by atoms with Crippen LogP contribution < -0.4 is 0 Å². The van der Waals surface area contributed by atoms with E-state index < -0.39 is 0 Å². The minimum atomic E-state index is 0.0965. The first-order valence-corrected chi connectivity index (χ1v) is 16.9. The second-order valence-electron chi connectivity index (χ2n) is 15.0. The van der Waals surface area contributed by atoms with Crippen LogP contribution in [0.4, 0.5) is 0 Å². The van der Waals surface area contributed by atoms with Gasteiger partial charge >= 0.3 is 0 Å². The Balaban J connectivity index is 1.64. The lowest BCUT2D eigenvalue weighted by Crippen LogP contribution is -2.24. The Morgan fingerprint density at radius 2 is 1.17 bits per heavy atom. The summed E-state index contributed by atoms with van der Waals surface area (Å²) < 4.78 is 0. The Kier molecular flexibility index (Phi) is 14.4. The Bertz CT molecular complexity index is 1020. The molecule has 0 bridgehead atoms. The molecule has 1 heteroatoms. The van der Waals surface area contributed by atoms with Gasteiger partial charge in [-0.1, -0.05) is 135 Å². The number of rotatable bonds is 15. The number of hydrogen-bond donors (Lipinski definition) is 0. The molecule has 0 aromatic rings. The summed E-state index contributed by atoms with van der Waals surface area (Å²) in [4.78, 5) is 12.2. The molecule has 0 amide bonds. The van der Waals surface area contributed by atoms with Crippen molar-refractivity contribution in [3.8, 4) is 0 Å².